The summed E-state index contributed by atoms with van der Waals surface area (Å²) in [6.07, 6.45) is 0. The van der Waals surface area contributed by atoms with Gasteiger partial charge in [-0.2, -0.15) is 14.0 Å². The van der Waals surface area contributed by atoms with Crippen LogP contribution < -0.4 is 5.73 Å². The van der Waals surface area contributed by atoms with E-state index in [1.807, 2.05) is 5.21 Å². The van der Waals surface area contributed by atoms with E-state index >= 15 is 0 Å². The van der Waals surface area contributed by atoms with Gasteiger partial charge in [-0.1, -0.05) is 0 Å². The van der Waals surface area contributed by atoms with Gasteiger partial charge in [0.15, 0.2) is 0 Å². The van der Waals surface area contributed by atoms with Crippen molar-refractivity contribution in [3.05, 3.63) is 5.82 Å². The van der Waals surface area contributed by atoms with Gasteiger partial charge in [-0.3, -0.25) is 0 Å². The molecule has 5 nitrogen and oxygen atoms in total. The molecule has 1 aromatic heterocycles. The Hall–Kier alpha value is -1.11. The van der Waals surface area contributed by atoms with Crippen molar-refractivity contribution in [3.8, 4) is 0 Å². The molecule has 0 saturated carbocycles. The van der Waals surface area contributed by atoms with E-state index in [0.717, 1.165) is 0 Å². The zero-order chi connectivity index (χ0) is 7.61. The van der Waals surface area contributed by atoms with E-state index in [0.29, 0.717) is 0 Å². The maximum atomic E-state index is 12.4. The summed E-state index contributed by atoms with van der Waals surface area (Å²) in [6.45, 7) is -0.813. The van der Waals surface area contributed by atoms with Crippen LogP contribution in [0.25, 0.3) is 0 Å². The summed E-state index contributed by atoms with van der Waals surface area (Å²) in [5.74, 6) is -3.84. The molecule has 0 aliphatic carbocycles. The Kier molecular flexibility index (Phi) is 1.58. The zero-order valence-electron chi connectivity index (χ0n) is 4.88. The average molecular weight is 149 g/mol. The third-order valence-corrected chi connectivity index (χ3v) is 0.929. The summed E-state index contributed by atoms with van der Waals surface area (Å²) in [4.78, 5) is 0. The first-order valence-corrected chi connectivity index (χ1v) is 2.48. The van der Waals surface area contributed by atoms with Crippen LogP contribution in [0.4, 0.5) is 8.78 Å². The monoisotopic (exact) mass is 149 g/mol. The summed E-state index contributed by atoms with van der Waals surface area (Å²) in [6, 6.07) is 0. The number of nitrogens with two attached hydrogens (primary N) is 1. The van der Waals surface area contributed by atoms with Crippen molar-refractivity contribution < 1.29 is 8.78 Å². The van der Waals surface area contributed by atoms with Gasteiger partial charge in [-0.05, 0) is 5.21 Å². The SMILES string of the molecule is NCC(F)(F)c1nn[nH]n1. The van der Waals surface area contributed by atoms with Gasteiger partial charge in [-0.25, -0.2) is 0 Å². The Morgan fingerprint density at radius 3 is 2.70 bits per heavy atom. The molecule has 7 heteroatoms. The summed E-state index contributed by atoms with van der Waals surface area (Å²) in [5, 5.41) is 11.0. The molecule has 3 N–H and O–H groups in total. The normalized spacial score (nSPS) is 11.9. The lowest BCUT2D eigenvalue weighted by Gasteiger charge is -2.06. The molecule has 1 rings (SSSR count). The Morgan fingerprint density at radius 2 is 2.30 bits per heavy atom. The van der Waals surface area contributed by atoms with E-state index in [1.54, 1.807) is 0 Å². The molecule has 0 aliphatic rings. The van der Waals surface area contributed by atoms with Gasteiger partial charge in [0.1, 0.15) is 0 Å². The zero-order valence-corrected chi connectivity index (χ0v) is 4.88. The molecule has 0 spiro atoms. The smallest absolute Gasteiger partial charge is 0.322 e. The molecule has 1 heterocycles. The van der Waals surface area contributed by atoms with E-state index < -0.39 is 18.3 Å². The second-order valence-electron chi connectivity index (χ2n) is 1.64. The van der Waals surface area contributed by atoms with E-state index in [4.69, 9.17) is 5.73 Å². The van der Waals surface area contributed by atoms with Crippen LogP contribution in [-0.4, -0.2) is 27.2 Å². The van der Waals surface area contributed by atoms with Crippen LogP contribution in [0.15, 0.2) is 0 Å². The van der Waals surface area contributed by atoms with Gasteiger partial charge in [0.05, 0.1) is 6.54 Å². The van der Waals surface area contributed by atoms with Crippen LogP contribution in [-0.2, 0) is 5.92 Å². The van der Waals surface area contributed by atoms with E-state index in [-0.39, 0.29) is 0 Å². The Morgan fingerprint density at radius 1 is 1.60 bits per heavy atom. The second kappa shape index (κ2) is 2.25. The second-order valence-corrected chi connectivity index (χ2v) is 1.64. The lowest BCUT2D eigenvalue weighted by Crippen LogP contribution is -2.26. The van der Waals surface area contributed by atoms with Gasteiger partial charge in [0.25, 0.3) is 0 Å². The highest BCUT2D eigenvalue weighted by atomic mass is 19.3. The van der Waals surface area contributed by atoms with Crippen molar-refractivity contribution in [2.24, 2.45) is 5.73 Å². The van der Waals surface area contributed by atoms with Crippen molar-refractivity contribution in [2.75, 3.05) is 6.54 Å². The fourth-order valence-corrected chi connectivity index (χ4v) is 0.408. The van der Waals surface area contributed by atoms with Crippen molar-refractivity contribution >= 4 is 0 Å². The number of tetrazole rings is 1. The minimum Gasteiger partial charge on any atom is -0.325 e. The predicted octanol–water partition coefficient (Wildman–Crippen LogP) is -0.750. The van der Waals surface area contributed by atoms with Crippen molar-refractivity contribution in [1.82, 2.24) is 20.6 Å². The summed E-state index contributed by atoms with van der Waals surface area (Å²) >= 11 is 0. The first-order valence-electron chi connectivity index (χ1n) is 2.48. The quantitative estimate of drug-likeness (QED) is 0.579. The fourth-order valence-electron chi connectivity index (χ4n) is 0.408. The molecule has 56 valence electrons. The van der Waals surface area contributed by atoms with E-state index in [2.05, 4.69) is 15.4 Å². The van der Waals surface area contributed by atoms with Crippen LogP contribution in [0.1, 0.15) is 5.82 Å². The van der Waals surface area contributed by atoms with Crippen LogP contribution in [0, 0.1) is 0 Å². The molecule has 0 bridgehead atoms. The highest BCUT2D eigenvalue weighted by molar-refractivity contribution is 4.90. The molecule has 0 aromatic carbocycles. The lowest BCUT2D eigenvalue weighted by molar-refractivity contribution is -0.00347. The van der Waals surface area contributed by atoms with Gasteiger partial charge >= 0.3 is 5.92 Å². The topological polar surface area (TPSA) is 80.5 Å². The lowest BCUT2D eigenvalue weighted by atomic mass is 10.3. The van der Waals surface area contributed by atoms with Crippen molar-refractivity contribution in [1.29, 1.82) is 0 Å². The number of H-pyrrole nitrogens is 1. The standard InChI is InChI=1S/C3H5F2N5/c4-3(5,1-6)2-7-9-10-8-2/h1,6H2,(H,7,8,9,10). The molecule has 0 atom stereocenters. The van der Waals surface area contributed by atoms with Gasteiger partial charge in [0, 0.05) is 0 Å². The predicted molar refractivity (Wildman–Crippen MR) is 27.1 cm³/mol. The fraction of sp³-hybridized carbons (Fsp3) is 0.667. The third kappa shape index (κ3) is 1.08. The molecule has 0 saturated heterocycles. The highest BCUT2D eigenvalue weighted by Crippen LogP contribution is 2.20. The van der Waals surface area contributed by atoms with E-state index in [1.165, 1.54) is 0 Å². The largest absolute Gasteiger partial charge is 0.325 e. The maximum Gasteiger partial charge on any atom is 0.322 e. The maximum absolute atomic E-state index is 12.4. The number of hydrogen-bond donors (Lipinski definition) is 2. The Labute approximate surface area is 54.6 Å². The minimum atomic E-state index is -3.17. The number of halogens is 2. The number of hydrogen-bond acceptors (Lipinski definition) is 4. The molecule has 10 heavy (non-hydrogen) atoms. The molecule has 0 amide bonds. The molecule has 0 radical (unpaired) electrons. The number of aromatic nitrogens is 4. The molecule has 0 fully saturated rings. The first-order chi connectivity index (χ1) is 4.67. The van der Waals surface area contributed by atoms with Gasteiger partial charge in [-0.15, -0.1) is 10.2 Å². The summed E-state index contributed by atoms with van der Waals surface area (Å²) < 4.78 is 24.8. The molecule has 1 aromatic rings. The van der Waals surface area contributed by atoms with Crippen LogP contribution >= 0.6 is 0 Å². The molecular formula is C3H5F2N5. The van der Waals surface area contributed by atoms with Gasteiger partial charge in [0.2, 0.25) is 5.82 Å². The third-order valence-electron chi connectivity index (χ3n) is 0.929. The number of rotatable bonds is 2. The summed E-state index contributed by atoms with van der Waals surface area (Å²) in [7, 11) is 0. The van der Waals surface area contributed by atoms with Crippen molar-refractivity contribution in [2.45, 2.75) is 5.92 Å². The first kappa shape index (κ1) is 7.00. The average Bonchev–Trinajstić information content (AvgIpc) is 2.38. The highest BCUT2D eigenvalue weighted by Gasteiger charge is 2.34. The minimum absolute atomic E-state index is 0.671. The molecular weight excluding hydrogens is 144 g/mol. The van der Waals surface area contributed by atoms with E-state index in [9.17, 15) is 8.78 Å². The summed E-state index contributed by atoms with van der Waals surface area (Å²) in [5.41, 5.74) is 4.73. The van der Waals surface area contributed by atoms with Crippen LogP contribution in [0.3, 0.4) is 0 Å². The van der Waals surface area contributed by atoms with Gasteiger partial charge < -0.3 is 5.73 Å². The number of nitrogens with zero attached hydrogens (tertiary/aromatic N) is 3. The van der Waals surface area contributed by atoms with Crippen LogP contribution in [0.2, 0.25) is 0 Å². The molecule has 0 aliphatic heterocycles. The number of alkyl halides is 2. The Bertz CT molecular complexity index is 195. The van der Waals surface area contributed by atoms with Crippen LogP contribution in [0.5, 0.6) is 0 Å². The molecule has 0 unspecified atom stereocenters. The number of aromatic amines is 1. The number of nitrogens with one attached hydrogen (secondary N) is 1. The van der Waals surface area contributed by atoms with Crippen molar-refractivity contribution in [3.63, 3.8) is 0 Å². The Balaban J connectivity index is 2.85.